The van der Waals surface area contributed by atoms with Crippen LogP contribution in [0.15, 0.2) is 97.3 Å². The van der Waals surface area contributed by atoms with Gasteiger partial charge >= 0.3 is 0 Å². The van der Waals surface area contributed by atoms with Crippen LogP contribution in [0.4, 0.5) is 0 Å². The summed E-state index contributed by atoms with van der Waals surface area (Å²) in [4.78, 5) is 36.8. The molecule has 0 aliphatic carbocycles. The van der Waals surface area contributed by atoms with Crippen LogP contribution < -0.4 is 4.74 Å². The average molecular weight is 500 g/mol. The Morgan fingerprint density at radius 2 is 1.28 bits per heavy atom. The number of amides is 1. The Morgan fingerprint density at radius 3 is 1.75 bits per heavy atom. The van der Waals surface area contributed by atoms with Crippen LogP contribution >= 0.6 is 11.6 Å². The quantitative estimate of drug-likeness (QED) is 0.274. The Morgan fingerprint density at radius 1 is 0.778 bits per heavy atom. The maximum atomic E-state index is 13.6. The summed E-state index contributed by atoms with van der Waals surface area (Å²) >= 11 is 5.92. The molecule has 0 aliphatic rings. The van der Waals surface area contributed by atoms with Gasteiger partial charge in [-0.3, -0.25) is 19.6 Å². The van der Waals surface area contributed by atoms with Crippen molar-refractivity contribution in [2.45, 2.75) is 32.5 Å². The van der Waals surface area contributed by atoms with Gasteiger partial charge in [-0.1, -0.05) is 23.7 Å². The molecule has 0 atom stereocenters. The number of benzene rings is 2. The van der Waals surface area contributed by atoms with Crippen molar-refractivity contribution in [2.24, 2.45) is 0 Å². The predicted molar refractivity (Wildman–Crippen MR) is 139 cm³/mol. The zero-order valence-corrected chi connectivity index (χ0v) is 20.9. The van der Waals surface area contributed by atoms with Crippen molar-refractivity contribution in [3.8, 4) is 5.75 Å². The molecule has 2 aromatic carbocycles. The number of carbonyl (C=O) groups excluding carboxylic acids is 2. The average Bonchev–Trinajstić information content (AvgIpc) is 2.89. The molecule has 4 aromatic rings. The molecular weight excluding hydrogens is 474 g/mol. The number of hydrogen-bond donors (Lipinski definition) is 0. The minimum absolute atomic E-state index is 0.120. The van der Waals surface area contributed by atoms with E-state index in [9.17, 15) is 9.59 Å². The number of hydrogen-bond acceptors (Lipinski definition) is 5. The van der Waals surface area contributed by atoms with Gasteiger partial charge in [0.1, 0.15) is 5.75 Å². The zero-order valence-electron chi connectivity index (χ0n) is 20.1. The van der Waals surface area contributed by atoms with Crippen LogP contribution in [0.2, 0.25) is 5.02 Å². The molecule has 7 heteroatoms. The lowest BCUT2D eigenvalue weighted by molar-refractivity contribution is -0.147. The third-order valence-electron chi connectivity index (χ3n) is 5.56. The maximum Gasteiger partial charge on any atom is 0.266 e. The Bertz CT molecular complexity index is 1270. The number of nitrogens with zero attached hydrogens (tertiary/aromatic N) is 3. The summed E-state index contributed by atoms with van der Waals surface area (Å²) in [5.74, 6) is 0.155. The Labute approximate surface area is 215 Å². The zero-order chi connectivity index (χ0) is 25.5. The monoisotopic (exact) mass is 499 g/mol. The lowest BCUT2D eigenvalue weighted by Gasteiger charge is -2.32. The van der Waals surface area contributed by atoms with E-state index in [0.29, 0.717) is 35.0 Å². The van der Waals surface area contributed by atoms with Crippen molar-refractivity contribution in [2.75, 3.05) is 0 Å². The standard InChI is InChI=1S/C29H26ClN3O3/c1-29(2,36-26-15-11-22(12-16-26)27(34)21-9-13-23(30)14-10-21)28(35)33(19-24-7-3-5-17-31-24)20-25-8-4-6-18-32-25/h3-18H,19-20H2,1-2H3. The van der Waals surface area contributed by atoms with Crippen LogP contribution in [0, 0.1) is 0 Å². The molecule has 0 saturated heterocycles. The van der Waals surface area contributed by atoms with E-state index in [4.69, 9.17) is 16.3 Å². The van der Waals surface area contributed by atoms with Crippen molar-refractivity contribution in [3.05, 3.63) is 125 Å². The Balaban J connectivity index is 1.50. The fraction of sp³-hybridized carbons (Fsp3) is 0.172. The molecule has 0 radical (unpaired) electrons. The molecule has 0 unspecified atom stereocenters. The molecule has 0 N–H and O–H groups in total. The first-order valence-corrected chi connectivity index (χ1v) is 11.9. The van der Waals surface area contributed by atoms with Crippen LogP contribution in [0.1, 0.15) is 41.2 Å². The summed E-state index contributed by atoms with van der Waals surface area (Å²) in [6.45, 7) is 4.09. The van der Waals surface area contributed by atoms with E-state index in [1.807, 2.05) is 36.4 Å². The van der Waals surface area contributed by atoms with Gasteiger partial charge in [0.25, 0.3) is 5.91 Å². The van der Waals surface area contributed by atoms with Gasteiger partial charge < -0.3 is 9.64 Å². The second-order valence-corrected chi connectivity index (χ2v) is 9.21. The van der Waals surface area contributed by atoms with Crippen LogP contribution in [-0.2, 0) is 17.9 Å². The highest BCUT2D eigenvalue weighted by Crippen LogP contribution is 2.24. The van der Waals surface area contributed by atoms with Gasteiger partial charge in [0, 0.05) is 28.5 Å². The molecule has 4 rings (SSSR count). The van der Waals surface area contributed by atoms with Gasteiger partial charge in [-0.2, -0.15) is 0 Å². The smallest absolute Gasteiger partial charge is 0.266 e. The van der Waals surface area contributed by atoms with Gasteiger partial charge in [-0.25, -0.2) is 0 Å². The van der Waals surface area contributed by atoms with E-state index in [0.717, 1.165) is 11.4 Å². The molecule has 0 saturated carbocycles. The molecule has 2 aromatic heterocycles. The fourth-order valence-corrected chi connectivity index (χ4v) is 3.86. The molecule has 0 fully saturated rings. The summed E-state index contributed by atoms with van der Waals surface area (Å²) in [6.07, 6.45) is 3.40. The summed E-state index contributed by atoms with van der Waals surface area (Å²) in [5, 5.41) is 0.572. The predicted octanol–water partition coefficient (Wildman–Crippen LogP) is 5.75. The molecule has 0 aliphatic heterocycles. The normalized spacial score (nSPS) is 11.1. The second-order valence-electron chi connectivity index (χ2n) is 8.78. The Kier molecular flexibility index (Phi) is 7.76. The third kappa shape index (κ3) is 6.34. The van der Waals surface area contributed by atoms with Crippen LogP contribution in [0.5, 0.6) is 5.75 Å². The van der Waals surface area contributed by atoms with Crippen molar-refractivity contribution in [1.82, 2.24) is 14.9 Å². The molecule has 0 spiro atoms. The number of ketones is 1. The summed E-state index contributed by atoms with van der Waals surface area (Å²) in [6, 6.07) is 24.7. The highest BCUT2D eigenvalue weighted by atomic mass is 35.5. The van der Waals surface area contributed by atoms with Crippen LogP contribution in [-0.4, -0.2) is 32.2 Å². The number of ether oxygens (including phenoxy) is 1. The largest absolute Gasteiger partial charge is 0.478 e. The van der Waals surface area contributed by atoms with Gasteiger partial charge in [0.2, 0.25) is 0 Å². The van der Waals surface area contributed by atoms with E-state index in [2.05, 4.69) is 9.97 Å². The number of carbonyl (C=O) groups is 2. The van der Waals surface area contributed by atoms with E-state index < -0.39 is 5.60 Å². The van der Waals surface area contributed by atoms with Gasteiger partial charge in [0.05, 0.1) is 24.5 Å². The summed E-state index contributed by atoms with van der Waals surface area (Å²) in [7, 11) is 0. The van der Waals surface area contributed by atoms with Gasteiger partial charge in [-0.15, -0.1) is 0 Å². The van der Waals surface area contributed by atoms with Gasteiger partial charge in [0.15, 0.2) is 11.4 Å². The Hall–Kier alpha value is -4.03. The topological polar surface area (TPSA) is 72.4 Å². The second kappa shape index (κ2) is 11.1. The highest BCUT2D eigenvalue weighted by Gasteiger charge is 2.35. The van der Waals surface area contributed by atoms with E-state index in [-0.39, 0.29) is 11.7 Å². The number of aromatic nitrogens is 2. The highest BCUT2D eigenvalue weighted by molar-refractivity contribution is 6.30. The molecule has 1 amide bonds. The number of rotatable bonds is 9. The molecule has 182 valence electrons. The molecule has 6 nitrogen and oxygen atoms in total. The van der Waals surface area contributed by atoms with Crippen molar-refractivity contribution in [3.63, 3.8) is 0 Å². The van der Waals surface area contributed by atoms with E-state index >= 15 is 0 Å². The minimum Gasteiger partial charge on any atom is -0.478 e. The number of halogens is 1. The fourth-order valence-electron chi connectivity index (χ4n) is 3.74. The molecular formula is C29H26ClN3O3. The first-order valence-electron chi connectivity index (χ1n) is 11.5. The van der Waals surface area contributed by atoms with Crippen molar-refractivity contribution < 1.29 is 14.3 Å². The molecule has 2 heterocycles. The van der Waals surface area contributed by atoms with Crippen LogP contribution in [0.25, 0.3) is 0 Å². The molecule has 0 bridgehead atoms. The number of pyridine rings is 2. The van der Waals surface area contributed by atoms with Crippen molar-refractivity contribution >= 4 is 23.3 Å². The first-order chi connectivity index (χ1) is 17.3. The first kappa shape index (κ1) is 25.1. The summed E-state index contributed by atoms with van der Waals surface area (Å²) in [5.41, 5.74) is 1.42. The van der Waals surface area contributed by atoms with E-state index in [1.54, 1.807) is 79.7 Å². The maximum absolute atomic E-state index is 13.6. The van der Waals surface area contributed by atoms with Crippen molar-refractivity contribution in [1.29, 1.82) is 0 Å². The SMILES string of the molecule is CC(C)(Oc1ccc(C(=O)c2ccc(Cl)cc2)cc1)C(=O)N(Cc1ccccn1)Cc1ccccn1. The minimum atomic E-state index is -1.18. The lowest BCUT2D eigenvalue weighted by atomic mass is 10.0. The third-order valence-corrected chi connectivity index (χ3v) is 5.81. The van der Waals surface area contributed by atoms with Gasteiger partial charge in [-0.05, 0) is 86.6 Å². The van der Waals surface area contributed by atoms with Crippen LogP contribution in [0.3, 0.4) is 0 Å². The van der Waals surface area contributed by atoms with E-state index in [1.165, 1.54) is 0 Å². The summed E-state index contributed by atoms with van der Waals surface area (Å²) < 4.78 is 6.12. The molecule has 36 heavy (non-hydrogen) atoms. The lowest BCUT2D eigenvalue weighted by Crippen LogP contribution is -2.48.